The van der Waals surface area contributed by atoms with E-state index in [9.17, 15) is 0 Å². The second kappa shape index (κ2) is 4.23. The number of nitrogens with zero attached hydrogens (tertiary/aromatic N) is 1. The molecule has 82 valence electrons. The van der Waals surface area contributed by atoms with Gasteiger partial charge in [-0.1, -0.05) is 12.1 Å². The average Bonchev–Trinajstić information content (AvgIpc) is 2.32. The summed E-state index contributed by atoms with van der Waals surface area (Å²) in [5.74, 6) is 0.755. The molecular formula is C13H14N2O. The summed E-state index contributed by atoms with van der Waals surface area (Å²) in [5.41, 5.74) is 9.51. The maximum absolute atomic E-state index is 5.88. The Morgan fingerprint density at radius 2 is 2.06 bits per heavy atom. The standard InChI is InChI=1S/C13H14N2O/c1-9-5-6-10(8-11(9)14)13-12(16-2)4-3-7-15-13/h3-8H,14H2,1-2H3. The van der Waals surface area contributed by atoms with Crippen LogP contribution in [-0.2, 0) is 0 Å². The van der Waals surface area contributed by atoms with E-state index in [4.69, 9.17) is 10.5 Å². The molecule has 16 heavy (non-hydrogen) atoms. The topological polar surface area (TPSA) is 48.1 Å². The van der Waals surface area contributed by atoms with Crippen LogP contribution in [0.4, 0.5) is 5.69 Å². The molecule has 1 aromatic carbocycles. The van der Waals surface area contributed by atoms with E-state index in [1.54, 1.807) is 13.3 Å². The Labute approximate surface area is 94.9 Å². The highest BCUT2D eigenvalue weighted by Gasteiger charge is 2.07. The lowest BCUT2D eigenvalue weighted by molar-refractivity contribution is 0.415. The Morgan fingerprint density at radius 3 is 2.75 bits per heavy atom. The summed E-state index contributed by atoms with van der Waals surface area (Å²) >= 11 is 0. The molecule has 1 heterocycles. The molecule has 3 heteroatoms. The molecule has 0 amide bonds. The van der Waals surface area contributed by atoms with Gasteiger partial charge in [-0.25, -0.2) is 0 Å². The lowest BCUT2D eigenvalue weighted by Crippen LogP contribution is -1.93. The van der Waals surface area contributed by atoms with Crippen molar-refractivity contribution in [1.82, 2.24) is 4.98 Å². The molecule has 3 nitrogen and oxygen atoms in total. The van der Waals surface area contributed by atoms with Gasteiger partial charge in [0.05, 0.1) is 7.11 Å². The van der Waals surface area contributed by atoms with Crippen molar-refractivity contribution < 1.29 is 4.74 Å². The SMILES string of the molecule is COc1cccnc1-c1ccc(C)c(N)c1. The van der Waals surface area contributed by atoms with Gasteiger partial charge in [0, 0.05) is 17.4 Å². The Bertz CT molecular complexity index is 509. The first kappa shape index (κ1) is 10.5. The molecule has 0 spiro atoms. The summed E-state index contributed by atoms with van der Waals surface area (Å²) in [7, 11) is 1.64. The number of aryl methyl sites for hydroxylation is 1. The van der Waals surface area contributed by atoms with Gasteiger partial charge in [-0.05, 0) is 30.7 Å². The van der Waals surface area contributed by atoms with Gasteiger partial charge >= 0.3 is 0 Å². The third-order valence-electron chi connectivity index (χ3n) is 2.54. The highest BCUT2D eigenvalue weighted by atomic mass is 16.5. The van der Waals surface area contributed by atoms with Gasteiger partial charge in [0.25, 0.3) is 0 Å². The lowest BCUT2D eigenvalue weighted by Gasteiger charge is -2.08. The van der Waals surface area contributed by atoms with Crippen LogP contribution in [-0.4, -0.2) is 12.1 Å². The first-order valence-electron chi connectivity index (χ1n) is 5.08. The van der Waals surface area contributed by atoms with Crippen molar-refractivity contribution in [1.29, 1.82) is 0 Å². The van der Waals surface area contributed by atoms with Crippen LogP contribution in [0.1, 0.15) is 5.56 Å². The zero-order chi connectivity index (χ0) is 11.5. The van der Waals surface area contributed by atoms with Crippen LogP contribution in [0.3, 0.4) is 0 Å². The number of ether oxygens (including phenoxy) is 1. The summed E-state index contributed by atoms with van der Waals surface area (Å²) in [4.78, 5) is 4.31. The molecule has 0 atom stereocenters. The minimum absolute atomic E-state index is 0.755. The maximum atomic E-state index is 5.88. The first-order valence-corrected chi connectivity index (χ1v) is 5.08. The van der Waals surface area contributed by atoms with Crippen molar-refractivity contribution in [2.75, 3.05) is 12.8 Å². The number of benzene rings is 1. The van der Waals surface area contributed by atoms with E-state index in [0.717, 1.165) is 28.3 Å². The van der Waals surface area contributed by atoms with Crippen LogP contribution < -0.4 is 10.5 Å². The fourth-order valence-corrected chi connectivity index (χ4v) is 1.56. The summed E-state index contributed by atoms with van der Waals surface area (Å²) in [6.45, 7) is 1.98. The zero-order valence-corrected chi connectivity index (χ0v) is 9.40. The molecule has 2 rings (SSSR count). The van der Waals surface area contributed by atoms with Gasteiger partial charge in [-0.15, -0.1) is 0 Å². The highest BCUT2D eigenvalue weighted by Crippen LogP contribution is 2.29. The van der Waals surface area contributed by atoms with Crippen molar-refractivity contribution in [3.63, 3.8) is 0 Å². The fourth-order valence-electron chi connectivity index (χ4n) is 1.56. The third-order valence-corrected chi connectivity index (χ3v) is 2.54. The molecule has 0 bridgehead atoms. The second-order valence-corrected chi connectivity index (χ2v) is 3.63. The Kier molecular flexibility index (Phi) is 2.77. The van der Waals surface area contributed by atoms with Gasteiger partial charge in [0.2, 0.25) is 0 Å². The quantitative estimate of drug-likeness (QED) is 0.782. The number of nitrogen functional groups attached to an aromatic ring is 1. The van der Waals surface area contributed by atoms with Crippen molar-refractivity contribution in [3.8, 4) is 17.0 Å². The van der Waals surface area contributed by atoms with E-state index in [1.165, 1.54) is 0 Å². The van der Waals surface area contributed by atoms with Gasteiger partial charge in [0.1, 0.15) is 11.4 Å². The molecule has 0 saturated carbocycles. The fraction of sp³-hybridized carbons (Fsp3) is 0.154. The molecule has 0 aliphatic heterocycles. The summed E-state index contributed by atoms with van der Waals surface area (Å²) < 4.78 is 5.27. The minimum atomic E-state index is 0.755. The molecule has 1 aromatic heterocycles. The Hall–Kier alpha value is -2.03. The van der Waals surface area contributed by atoms with E-state index >= 15 is 0 Å². The molecular weight excluding hydrogens is 200 g/mol. The third kappa shape index (κ3) is 1.84. The molecule has 2 N–H and O–H groups in total. The molecule has 0 unspecified atom stereocenters. The van der Waals surface area contributed by atoms with Crippen molar-refractivity contribution in [3.05, 3.63) is 42.1 Å². The normalized spacial score (nSPS) is 10.1. The molecule has 0 aliphatic rings. The summed E-state index contributed by atoms with van der Waals surface area (Å²) in [6, 6.07) is 9.63. The Morgan fingerprint density at radius 1 is 1.25 bits per heavy atom. The van der Waals surface area contributed by atoms with Gasteiger partial charge < -0.3 is 10.5 Å². The van der Waals surface area contributed by atoms with Crippen LogP contribution in [0.5, 0.6) is 5.75 Å². The number of hydrogen-bond donors (Lipinski definition) is 1. The number of rotatable bonds is 2. The van der Waals surface area contributed by atoms with Crippen LogP contribution in [0.15, 0.2) is 36.5 Å². The number of pyridine rings is 1. The van der Waals surface area contributed by atoms with E-state index in [-0.39, 0.29) is 0 Å². The molecule has 0 radical (unpaired) electrons. The second-order valence-electron chi connectivity index (χ2n) is 3.63. The van der Waals surface area contributed by atoms with Gasteiger partial charge in [-0.3, -0.25) is 4.98 Å². The van der Waals surface area contributed by atoms with Crippen LogP contribution in [0, 0.1) is 6.92 Å². The number of aromatic nitrogens is 1. The lowest BCUT2D eigenvalue weighted by atomic mass is 10.1. The smallest absolute Gasteiger partial charge is 0.145 e. The average molecular weight is 214 g/mol. The number of hydrogen-bond acceptors (Lipinski definition) is 3. The van der Waals surface area contributed by atoms with E-state index in [2.05, 4.69) is 4.98 Å². The largest absolute Gasteiger partial charge is 0.494 e. The van der Waals surface area contributed by atoms with E-state index in [1.807, 2.05) is 37.3 Å². The number of nitrogens with two attached hydrogens (primary N) is 1. The highest BCUT2D eigenvalue weighted by molar-refractivity contribution is 5.70. The zero-order valence-electron chi connectivity index (χ0n) is 9.40. The maximum Gasteiger partial charge on any atom is 0.145 e. The predicted octanol–water partition coefficient (Wildman–Crippen LogP) is 2.65. The predicted molar refractivity (Wildman–Crippen MR) is 65.4 cm³/mol. The van der Waals surface area contributed by atoms with Gasteiger partial charge in [0.15, 0.2) is 0 Å². The minimum Gasteiger partial charge on any atom is -0.494 e. The van der Waals surface area contributed by atoms with Crippen molar-refractivity contribution in [2.24, 2.45) is 0 Å². The first-order chi connectivity index (χ1) is 7.72. The molecule has 0 fully saturated rings. The molecule has 0 saturated heterocycles. The van der Waals surface area contributed by atoms with E-state index < -0.39 is 0 Å². The van der Waals surface area contributed by atoms with Gasteiger partial charge in [-0.2, -0.15) is 0 Å². The van der Waals surface area contributed by atoms with E-state index in [0.29, 0.717) is 0 Å². The summed E-state index contributed by atoms with van der Waals surface area (Å²) in [5, 5.41) is 0. The number of anilines is 1. The molecule has 0 aliphatic carbocycles. The van der Waals surface area contributed by atoms with Crippen LogP contribution in [0.25, 0.3) is 11.3 Å². The van der Waals surface area contributed by atoms with Crippen LogP contribution >= 0.6 is 0 Å². The van der Waals surface area contributed by atoms with Crippen LogP contribution in [0.2, 0.25) is 0 Å². The monoisotopic (exact) mass is 214 g/mol. The molecule has 2 aromatic rings. The van der Waals surface area contributed by atoms with Crippen molar-refractivity contribution in [2.45, 2.75) is 6.92 Å². The summed E-state index contributed by atoms with van der Waals surface area (Å²) in [6.07, 6.45) is 1.74. The van der Waals surface area contributed by atoms with Crippen molar-refractivity contribution >= 4 is 5.69 Å². The Balaban J connectivity index is 2.54. The number of methoxy groups -OCH3 is 1.